The molecular formula is C24H30OS2. The molecule has 0 N–H and O–H groups in total. The van der Waals surface area contributed by atoms with Crippen molar-refractivity contribution < 1.29 is 4.79 Å². The number of hydrogen-bond donors (Lipinski definition) is 0. The maximum absolute atomic E-state index is 13.1. The van der Waals surface area contributed by atoms with E-state index in [1.165, 1.54) is 22.6 Å². The number of carbonyl (C=O) groups is 1. The Hall–Kier alpha value is -1.19. The molecule has 1 aromatic rings. The first-order chi connectivity index (χ1) is 12.9. The topological polar surface area (TPSA) is 17.1 Å². The third-order valence-corrected chi connectivity index (χ3v) is 7.45. The summed E-state index contributed by atoms with van der Waals surface area (Å²) in [6.07, 6.45) is 12.0. The summed E-state index contributed by atoms with van der Waals surface area (Å²) in [6.45, 7) is 6.61. The molecule has 1 nitrogen and oxygen atoms in total. The number of allylic oxidation sites excluding steroid dienone is 3. The molecule has 3 rings (SSSR count). The van der Waals surface area contributed by atoms with Crippen LogP contribution in [-0.4, -0.2) is 17.3 Å². The van der Waals surface area contributed by atoms with Crippen molar-refractivity contribution in [2.45, 2.75) is 52.9 Å². The van der Waals surface area contributed by atoms with Crippen LogP contribution in [0.4, 0.5) is 0 Å². The van der Waals surface area contributed by atoms with Crippen LogP contribution in [0.15, 0.2) is 45.7 Å². The fourth-order valence-electron chi connectivity index (χ4n) is 3.21. The lowest BCUT2D eigenvalue weighted by Gasteiger charge is -2.19. The average molecular weight is 399 g/mol. The maximum Gasteiger partial charge on any atom is 0.186 e. The first kappa shape index (κ1) is 20.5. The second kappa shape index (κ2) is 9.34. The van der Waals surface area contributed by atoms with Gasteiger partial charge in [-0.15, -0.1) is 23.5 Å². The molecule has 0 bridgehead atoms. The van der Waals surface area contributed by atoms with E-state index >= 15 is 0 Å². The molecule has 1 aliphatic heterocycles. The van der Waals surface area contributed by atoms with Crippen molar-refractivity contribution in [3.8, 4) is 0 Å². The maximum atomic E-state index is 13.1. The molecule has 0 amide bonds. The second-order valence-corrected chi connectivity index (χ2v) is 10.9. The van der Waals surface area contributed by atoms with Crippen molar-refractivity contribution in [1.82, 2.24) is 0 Å². The molecule has 1 saturated heterocycles. The van der Waals surface area contributed by atoms with Gasteiger partial charge in [0.05, 0.1) is 0 Å². The molecule has 0 radical (unpaired) electrons. The largest absolute Gasteiger partial charge is 0.289 e. The average Bonchev–Trinajstić information content (AvgIpc) is 2.91. The molecule has 3 heteroatoms. The zero-order valence-electron chi connectivity index (χ0n) is 16.7. The van der Waals surface area contributed by atoms with Crippen LogP contribution in [0.25, 0.3) is 12.2 Å². The quantitative estimate of drug-likeness (QED) is 0.485. The Morgan fingerprint density at radius 1 is 0.889 bits per heavy atom. The minimum atomic E-state index is 0.188. The Bertz CT molecular complexity index is 751. The van der Waals surface area contributed by atoms with E-state index in [1.807, 2.05) is 23.5 Å². The van der Waals surface area contributed by atoms with E-state index in [0.717, 1.165) is 47.5 Å². The minimum absolute atomic E-state index is 0.188. The number of benzene rings is 1. The molecular weight excluding hydrogens is 368 g/mol. The van der Waals surface area contributed by atoms with Gasteiger partial charge in [0.2, 0.25) is 0 Å². The fraction of sp³-hybridized carbons (Fsp3) is 0.458. The van der Waals surface area contributed by atoms with Gasteiger partial charge in [0.1, 0.15) is 0 Å². The summed E-state index contributed by atoms with van der Waals surface area (Å²) in [5, 5.41) is 0. The zero-order valence-corrected chi connectivity index (χ0v) is 18.3. The van der Waals surface area contributed by atoms with Crippen molar-refractivity contribution in [2.75, 3.05) is 11.5 Å². The Balaban J connectivity index is 1.77. The molecule has 1 saturated carbocycles. The first-order valence-electron chi connectivity index (χ1n) is 9.96. The Morgan fingerprint density at radius 3 is 2.15 bits per heavy atom. The van der Waals surface area contributed by atoms with Crippen molar-refractivity contribution in [3.63, 3.8) is 0 Å². The summed E-state index contributed by atoms with van der Waals surface area (Å²) in [7, 11) is 0. The van der Waals surface area contributed by atoms with Gasteiger partial charge in [0, 0.05) is 15.4 Å². The summed E-state index contributed by atoms with van der Waals surface area (Å²) in [6, 6.07) is 8.52. The van der Waals surface area contributed by atoms with E-state index in [0.29, 0.717) is 0 Å². The van der Waals surface area contributed by atoms with Crippen LogP contribution >= 0.6 is 23.5 Å². The molecule has 2 fully saturated rings. The highest BCUT2D eigenvalue weighted by atomic mass is 32.2. The Labute approximate surface area is 172 Å². The van der Waals surface area contributed by atoms with Gasteiger partial charge in [-0.2, -0.15) is 0 Å². The molecule has 1 aliphatic carbocycles. The normalized spacial score (nSPS) is 21.1. The molecule has 2 aliphatic rings. The third-order valence-electron chi connectivity index (χ3n) is 4.74. The van der Waals surface area contributed by atoms with Crippen molar-refractivity contribution in [3.05, 3.63) is 56.9 Å². The smallest absolute Gasteiger partial charge is 0.186 e. The molecule has 0 unspecified atom stereocenters. The molecule has 144 valence electrons. The standard InChI is InChI=1S/C24H30OS2/c1-24(2,3)14-13-18-9-11-19(12-10-18)17-20-7-6-8-21(22(20)25)23-26-15-4-5-16-27-23/h9-14,17H,4-8,15-16H2,1-3H3. The van der Waals surface area contributed by atoms with Crippen molar-refractivity contribution in [1.29, 1.82) is 0 Å². The predicted molar refractivity (Wildman–Crippen MR) is 123 cm³/mol. The van der Waals surface area contributed by atoms with Crippen LogP contribution in [0, 0.1) is 5.41 Å². The fourth-order valence-corrected chi connectivity index (χ4v) is 5.85. The molecule has 1 aromatic carbocycles. The number of carbonyl (C=O) groups excluding carboxylic acids is 1. The van der Waals surface area contributed by atoms with E-state index in [4.69, 9.17) is 0 Å². The zero-order chi connectivity index (χ0) is 19.3. The lowest BCUT2D eigenvalue weighted by Crippen LogP contribution is -2.13. The van der Waals surface area contributed by atoms with Crippen molar-refractivity contribution >= 4 is 41.5 Å². The molecule has 0 spiro atoms. The van der Waals surface area contributed by atoms with E-state index in [2.05, 4.69) is 63.3 Å². The monoisotopic (exact) mass is 398 g/mol. The summed E-state index contributed by atoms with van der Waals surface area (Å²) < 4.78 is 1.30. The summed E-state index contributed by atoms with van der Waals surface area (Å²) in [5.74, 6) is 2.60. The number of hydrogen-bond acceptors (Lipinski definition) is 3. The van der Waals surface area contributed by atoms with Crippen molar-refractivity contribution in [2.24, 2.45) is 5.41 Å². The van der Waals surface area contributed by atoms with E-state index in [1.54, 1.807) is 0 Å². The SMILES string of the molecule is CC(C)(C)C=Cc1ccc(C=C2CCCC(=C3SCCCCS3)C2=O)cc1. The summed E-state index contributed by atoms with van der Waals surface area (Å²) in [4.78, 5) is 13.1. The Morgan fingerprint density at radius 2 is 1.52 bits per heavy atom. The lowest BCUT2D eigenvalue weighted by atomic mass is 9.88. The second-order valence-electron chi connectivity index (χ2n) is 8.39. The lowest BCUT2D eigenvalue weighted by molar-refractivity contribution is -0.112. The highest BCUT2D eigenvalue weighted by Crippen LogP contribution is 2.40. The van der Waals surface area contributed by atoms with Crippen LogP contribution in [-0.2, 0) is 4.79 Å². The van der Waals surface area contributed by atoms with Crippen LogP contribution in [0.1, 0.15) is 64.0 Å². The van der Waals surface area contributed by atoms with Gasteiger partial charge in [-0.25, -0.2) is 0 Å². The molecule has 1 heterocycles. The van der Waals surface area contributed by atoms with Crippen LogP contribution < -0.4 is 0 Å². The number of rotatable bonds is 2. The van der Waals surface area contributed by atoms with Gasteiger partial charge in [-0.3, -0.25) is 4.79 Å². The van der Waals surface area contributed by atoms with Gasteiger partial charge in [-0.1, -0.05) is 57.2 Å². The Kier molecular flexibility index (Phi) is 7.10. The van der Waals surface area contributed by atoms with Crippen LogP contribution in [0.5, 0.6) is 0 Å². The molecule has 27 heavy (non-hydrogen) atoms. The first-order valence-corrected chi connectivity index (χ1v) is 11.9. The number of thioether (sulfide) groups is 2. The van der Waals surface area contributed by atoms with E-state index in [9.17, 15) is 4.79 Å². The summed E-state index contributed by atoms with van der Waals surface area (Å²) >= 11 is 3.80. The molecule has 0 aromatic heterocycles. The van der Waals surface area contributed by atoms with Gasteiger partial charge >= 0.3 is 0 Å². The molecule has 0 atom stereocenters. The van der Waals surface area contributed by atoms with Gasteiger partial charge in [-0.05, 0) is 66.2 Å². The van der Waals surface area contributed by atoms with Crippen LogP contribution in [0.2, 0.25) is 0 Å². The van der Waals surface area contributed by atoms with E-state index in [-0.39, 0.29) is 11.2 Å². The minimum Gasteiger partial charge on any atom is -0.289 e. The number of ketones is 1. The van der Waals surface area contributed by atoms with Crippen LogP contribution in [0.3, 0.4) is 0 Å². The highest BCUT2D eigenvalue weighted by Gasteiger charge is 2.24. The van der Waals surface area contributed by atoms with Gasteiger partial charge in [0.15, 0.2) is 5.78 Å². The number of Topliss-reactive ketones (excluding diaryl/α,β-unsaturated/α-hetero) is 1. The van der Waals surface area contributed by atoms with E-state index < -0.39 is 0 Å². The predicted octanol–water partition coefficient (Wildman–Crippen LogP) is 7.35. The van der Waals surface area contributed by atoms with Gasteiger partial charge < -0.3 is 0 Å². The third kappa shape index (κ3) is 6.15. The summed E-state index contributed by atoms with van der Waals surface area (Å²) in [5.41, 5.74) is 4.57. The highest BCUT2D eigenvalue weighted by molar-refractivity contribution is 8.22. The van der Waals surface area contributed by atoms with Gasteiger partial charge in [0.25, 0.3) is 0 Å².